The summed E-state index contributed by atoms with van der Waals surface area (Å²) in [4.78, 5) is 10.8. The van der Waals surface area contributed by atoms with E-state index in [0.717, 1.165) is 11.8 Å². The first-order valence-electron chi connectivity index (χ1n) is 5.30. The summed E-state index contributed by atoms with van der Waals surface area (Å²) < 4.78 is 74.3. The first-order valence-corrected chi connectivity index (χ1v) is 6.28. The molecule has 0 atom stereocenters. The Kier molecular flexibility index (Phi) is 7.09. The van der Waals surface area contributed by atoms with Gasteiger partial charge in [-0.2, -0.15) is 0 Å². The number of hydrogen-bond acceptors (Lipinski definition) is 2. The van der Waals surface area contributed by atoms with Gasteiger partial charge in [0.15, 0.2) is 5.12 Å². The molecule has 1 nitrogen and oxygen atoms in total. The van der Waals surface area contributed by atoms with Gasteiger partial charge in [-0.1, -0.05) is 18.7 Å². The van der Waals surface area contributed by atoms with Gasteiger partial charge in [0, 0.05) is 18.6 Å². The molecule has 18 heavy (non-hydrogen) atoms. The van der Waals surface area contributed by atoms with Crippen LogP contribution in [-0.4, -0.2) is 29.1 Å². The minimum Gasteiger partial charge on any atom is -0.287 e. The number of rotatable bonds is 8. The second-order valence-electron chi connectivity index (χ2n) is 3.77. The van der Waals surface area contributed by atoms with Crippen LogP contribution in [0.5, 0.6) is 0 Å². The van der Waals surface area contributed by atoms with Crippen LogP contribution in [0.25, 0.3) is 0 Å². The zero-order valence-electron chi connectivity index (χ0n) is 9.70. The Bertz CT molecular complexity index is 269. The predicted molar refractivity (Wildman–Crippen MR) is 57.5 cm³/mol. The van der Waals surface area contributed by atoms with Crippen molar-refractivity contribution in [2.75, 3.05) is 5.75 Å². The largest absolute Gasteiger partial charge is 0.313 e. The Labute approximate surface area is 105 Å². The molecule has 0 bridgehead atoms. The molecule has 0 amide bonds. The first-order chi connectivity index (χ1) is 8.10. The molecule has 0 spiro atoms. The molecule has 0 aliphatic carbocycles. The number of carbonyl (C=O) groups is 1. The Balaban J connectivity index is 4.04. The third-order valence-corrected chi connectivity index (χ3v) is 3.16. The molecule has 0 N–H and O–H groups in total. The van der Waals surface area contributed by atoms with Crippen molar-refractivity contribution in [2.45, 2.75) is 50.9 Å². The van der Waals surface area contributed by atoms with Gasteiger partial charge in [0.25, 0.3) is 5.92 Å². The number of hydrogen-bond donors (Lipinski definition) is 0. The Morgan fingerprint density at radius 2 is 1.78 bits per heavy atom. The summed E-state index contributed by atoms with van der Waals surface area (Å²) in [6, 6.07) is 0. The fraction of sp³-hybridized carbons (Fsp3) is 0.900. The summed E-state index contributed by atoms with van der Waals surface area (Å²) in [6.07, 6.45) is -7.12. The van der Waals surface area contributed by atoms with Crippen LogP contribution in [0.3, 0.4) is 0 Å². The van der Waals surface area contributed by atoms with Crippen LogP contribution in [0.1, 0.15) is 32.6 Å². The summed E-state index contributed by atoms with van der Waals surface area (Å²) >= 11 is 0.833. The van der Waals surface area contributed by atoms with Crippen molar-refractivity contribution in [1.82, 2.24) is 0 Å². The molecular weight excluding hydrogens is 282 g/mol. The van der Waals surface area contributed by atoms with Crippen molar-refractivity contribution in [2.24, 2.45) is 0 Å². The minimum absolute atomic E-state index is 0.0719. The van der Waals surface area contributed by atoms with Gasteiger partial charge in [0.2, 0.25) is 0 Å². The van der Waals surface area contributed by atoms with Crippen molar-refractivity contribution < 1.29 is 31.1 Å². The Hall–Kier alpha value is -0.400. The molecule has 108 valence electrons. The van der Waals surface area contributed by atoms with E-state index in [1.54, 1.807) is 6.92 Å². The van der Waals surface area contributed by atoms with Crippen LogP contribution < -0.4 is 0 Å². The summed E-state index contributed by atoms with van der Waals surface area (Å²) in [6.45, 7) is 1.60. The normalized spacial score (nSPS) is 13.1. The molecule has 0 unspecified atom stereocenters. The van der Waals surface area contributed by atoms with E-state index in [1.165, 1.54) is 0 Å². The SMILES string of the molecule is CCC(=O)SCCCC(F)(F)CC(F)(F)C(F)F. The molecule has 0 saturated heterocycles. The van der Waals surface area contributed by atoms with Gasteiger partial charge in [-0.15, -0.1) is 0 Å². The van der Waals surface area contributed by atoms with E-state index >= 15 is 0 Å². The predicted octanol–water partition coefficient (Wildman–Crippen LogP) is 4.36. The van der Waals surface area contributed by atoms with E-state index in [0.29, 0.717) is 0 Å². The molecule has 0 radical (unpaired) electrons. The van der Waals surface area contributed by atoms with Gasteiger partial charge in [-0.05, 0) is 6.42 Å². The lowest BCUT2D eigenvalue weighted by atomic mass is 10.1. The zero-order valence-corrected chi connectivity index (χ0v) is 10.5. The quantitative estimate of drug-likeness (QED) is 0.489. The molecule has 0 aromatic heterocycles. The van der Waals surface area contributed by atoms with E-state index in [9.17, 15) is 31.1 Å². The molecule has 0 aromatic rings. The highest BCUT2D eigenvalue weighted by atomic mass is 32.2. The summed E-state index contributed by atoms with van der Waals surface area (Å²) in [5.74, 6) is -8.46. The highest BCUT2D eigenvalue weighted by Crippen LogP contribution is 2.37. The van der Waals surface area contributed by atoms with Crippen LogP contribution in [0, 0.1) is 0 Å². The summed E-state index contributed by atoms with van der Waals surface area (Å²) in [7, 11) is 0. The molecule has 0 saturated carbocycles. The van der Waals surface area contributed by atoms with Crippen molar-refractivity contribution in [3.8, 4) is 0 Å². The maximum Gasteiger partial charge on any atom is 0.313 e. The Morgan fingerprint density at radius 1 is 1.22 bits per heavy atom. The van der Waals surface area contributed by atoms with Crippen molar-refractivity contribution in [1.29, 1.82) is 0 Å². The standard InChI is InChI=1S/C10H14F6OS/c1-2-7(17)18-5-3-4-9(13,14)6-10(15,16)8(11)12/h8H,2-6H2,1H3. The smallest absolute Gasteiger partial charge is 0.287 e. The topological polar surface area (TPSA) is 17.1 Å². The minimum atomic E-state index is -4.68. The Morgan fingerprint density at radius 3 is 2.22 bits per heavy atom. The van der Waals surface area contributed by atoms with E-state index in [4.69, 9.17) is 0 Å². The lowest BCUT2D eigenvalue weighted by Gasteiger charge is -2.22. The summed E-state index contributed by atoms with van der Waals surface area (Å²) in [5, 5.41) is -0.184. The van der Waals surface area contributed by atoms with Gasteiger partial charge in [-0.25, -0.2) is 26.3 Å². The van der Waals surface area contributed by atoms with E-state index in [2.05, 4.69) is 0 Å². The fourth-order valence-corrected chi connectivity index (χ4v) is 1.85. The van der Waals surface area contributed by atoms with Crippen LogP contribution >= 0.6 is 11.8 Å². The van der Waals surface area contributed by atoms with Crippen molar-refractivity contribution in [3.05, 3.63) is 0 Å². The van der Waals surface area contributed by atoms with Gasteiger partial charge < -0.3 is 0 Å². The first kappa shape index (κ1) is 17.6. The van der Waals surface area contributed by atoms with Crippen LogP contribution in [0.4, 0.5) is 26.3 Å². The number of alkyl halides is 6. The van der Waals surface area contributed by atoms with Crippen LogP contribution in [0.15, 0.2) is 0 Å². The molecule has 0 heterocycles. The second-order valence-corrected chi connectivity index (χ2v) is 4.92. The van der Waals surface area contributed by atoms with Gasteiger partial charge in [0.1, 0.15) is 0 Å². The van der Waals surface area contributed by atoms with Gasteiger partial charge in [-0.3, -0.25) is 4.79 Å². The van der Waals surface area contributed by atoms with E-state index in [-0.39, 0.29) is 23.7 Å². The lowest BCUT2D eigenvalue weighted by Crippen LogP contribution is -2.35. The molecule has 0 rings (SSSR count). The average molecular weight is 296 g/mol. The third kappa shape index (κ3) is 7.13. The third-order valence-electron chi connectivity index (χ3n) is 2.05. The van der Waals surface area contributed by atoms with Crippen molar-refractivity contribution in [3.63, 3.8) is 0 Å². The van der Waals surface area contributed by atoms with E-state index < -0.39 is 31.1 Å². The number of carbonyl (C=O) groups excluding carboxylic acids is 1. The molecule has 0 aliphatic rings. The summed E-state index contributed by atoms with van der Waals surface area (Å²) in [5.41, 5.74) is 0. The molecular formula is C10H14F6OS. The maximum atomic E-state index is 13.0. The molecule has 0 aromatic carbocycles. The highest BCUT2D eigenvalue weighted by molar-refractivity contribution is 8.13. The average Bonchev–Trinajstić information content (AvgIpc) is 2.22. The van der Waals surface area contributed by atoms with Gasteiger partial charge >= 0.3 is 12.3 Å². The van der Waals surface area contributed by atoms with Crippen molar-refractivity contribution >= 4 is 16.9 Å². The number of thioether (sulfide) groups is 1. The van der Waals surface area contributed by atoms with E-state index in [1.807, 2.05) is 0 Å². The second kappa shape index (κ2) is 7.25. The zero-order chi connectivity index (χ0) is 14.4. The highest BCUT2D eigenvalue weighted by Gasteiger charge is 2.49. The van der Waals surface area contributed by atoms with Crippen LogP contribution in [0.2, 0.25) is 0 Å². The van der Waals surface area contributed by atoms with Gasteiger partial charge in [0.05, 0.1) is 6.42 Å². The maximum absolute atomic E-state index is 13.0. The number of halogens is 6. The molecule has 0 fully saturated rings. The fourth-order valence-electron chi connectivity index (χ4n) is 1.13. The lowest BCUT2D eigenvalue weighted by molar-refractivity contribution is -0.180. The molecule has 0 aliphatic heterocycles. The molecule has 8 heteroatoms. The van der Waals surface area contributed by atoms with Crippen LogP contribution in [-0.2, 0) is 4.79 Å². The monoisotopic (exact) mass is 296 g/mol.